The molecule has 1 aliphatic carbocycles. The Morgan fingerprint density at radius 3 is 2.46 bits per heavy atom. The maximum Gasteiger partial charge on any atom is 0.222 e. The molecule has 1 aromatic rings. The number of amides is 1. The first-order valence-corrected chi connectivity index (χ1v) is 9.49. The van der Waals surface area contributed by atoms with E-state index in [9.17, 15) is 4.79 Å². The van der Waals surface area contributed by atoms with Gasteiger partial charge in [0.15, 0.2) is 0 Å². The van der Waals surface area contributed by atoms with Gasteiger partial charge < -0.3 is 14.5 Å². The van der Waals surface area contributed by atoms with Crippen LogP contribution in [0.25, 0.3) is 0 Å². The zero-order valence-electron chi connectivity index (χ0n) is 14.9. The van der Waals surface area contributed by atoms with Crippen LogP contribution in [0, 0.1) is 5.92 Å². The lowest BCUT2D eigenvalue weighted by Gasteiger charge is -2.32. The molecule has 2 aliphatic rings. The molecule has 1 saturated heterocycles. The van der Waals surface area contributed by atoms with Crippen LogP contribution in [-0.4, -0.2) is 44.1 Å². The van der Waals surface area contributed by atoms with Gasteiger partial charge in [0.1, 0.15) is 12.3 Å². The molecule has 1 aliphatic heterocycles. The summed E-state index contributed by atoms with van der Waals surface area (Å²) in [6.07, 6.45) is 7.29. The average molecular weight is 331 g/mol. The third-order valence-electron chi connectivity index (χ3n) is 5.68. The molecule has 1 amide bonds. The molecule has 1 heterocycles. The Bertz CT molecular complexity index is 515. The smallest absolute Gasteiger partial charge is 0.222 e. The number of hydrogen-bond acceptors (Lipinski definition) is 2. The predicted octanol–water partition coefficient (Wildman–Crippen LogP) is 1.89. The molecule has 0 radical (unpaired) electrons. The fourth-order valence-corrected chi connectivity index (χ4v) is 4.07. The van der Waals surface area contributed by atoms with E-state index in [2.05, 4.69) is 17.0 Å². The highest BCUT2D eigenvalue weighted by Crippen LogP contribution is 2.28. The normalized spacial score (nSPS) is 19.6. The van der Waals surface area contributed by atoms with Gasteiger partial charge >= 0.3 is 0 Å². The molecule has 0 atom stereocenters. The summed E-state index contributed by atoms with van der Waals surface area (Å²) in [5.74, 6) is 2.10. The van der Waals surface area contributed by atoms with E-state index in [1.54, 1.807) is 12.0 Å². The Balaban J connectivity index is 1.38. The zero-order chi connectivity index (χ0) is 16.8. The molecule has 3 rings (SSSR count). The number of quaternary nitrogens is 1. The number of piperazine rings is 1. The second-order valence-corrected chi connectivity index (χ2v) is 7.34. The number of carbonyl (C=O) groups is 1. The number of nitrogens with one attached hydrogen (secondary N) is 1. The van der Waals surface area contributed by atoms with Crippen molar-refractivity contribution in [2.24, 2.45) is 5.92 Å². The highest BCUT2D eigenvalue weighted by molar-refractivity contribution is 5.76. The second kappa shape index (κ2) is 8.52. The molecule has 1 saturated carbocycles. The standard InChI is InChI=1S/C20H30N2O2/c1-24-19-9-6-18(7-10-19)16-21-12-14-22(15-13-21)20(23)11-8-17-4-2-3-5-17/h6-7,9-10,17H,2-5,8,11-16H2,1H3/p+1. The van der Waals surface area contributed by atoms with Crippen LogP contribution in [0.2, 0.25) is 0 Å². The molecule has 0 aromatic heterocycles. The molecule has 132 valence electrons. The Morgan fingerprint density at radius 1 is 1.17 bits per heavy atom. The molecule has 4 nitrogen and oxygen atoms in total. The monoisotopic (exact) mass is 331 g/mol. The second-order valence-electron chi connectivity index (χ2n) is 7.34. The van der Waals surface area contributed by atoms with Gasteiger partial charge in [0.05, 0.1) is 33.3 Å². The van der Waals surface area contributed by atoms with Crippen LogP contribution < -0.4 is 9.64 Å². The largest absolute Gasteiger partial charge is 0.497 e. The molecular weight excluding hydrogens is 300 g/mol. The minimum absolute atomic E-state index is 0.380. The van der Waals surface area contributed by atoms with Gasteiger partial charge in [0.25, 0.3) is 0 Å². The van der Waals surface area contributed by atoms with Crippen LogP contribution in [-0.2, 0) is 11.3 Å². The number of hydrogen-bond donors (Lipinski definition) is 1. The van der Waals surface area contributed by atoms with Gasteiger partial charge in [-0.15, -0.1) is 0 Å². The molecular formula is C20H31N2O2+. The van der Waals surface area contributed by atoms with Gasteiger partial charge in [-0.05, 0) is 36.6 Å². The van der Waals surface area contributed by atoms with Crippen LogP contribution in [0.5, 0.6) is 5.75 Å². The van der Waals surface area contributed by atoms with E-state index in [0.29, 0.717) is 5.91 Å². The Hall–Kier alpha value is -1.55. The third-order valence-corrected chi connectivity index (χ3v) is 5.68. The summed E-state index contributed by atoms with van der Waals surface area (Å²) < 4.78 is 5.21. The number of rotatable bonds is 6. The summed E-state index contributed by atoms with van der Waals surface area (Å²) in [7, 11) is 1.70. The summed E-state index contributed by atoms with van der Waals surface area (Å²) in [5.41, 5.74) is 1.34. The molecule has 1 N–H and O–H groups in total. The number of carbonyl (C=O) groups excluding carboxylic acids is 1. The summed E-state index contributed by atoms with van der Waals surface area (Å²) in [6, 6.07) is 8.34. The molecule has 1 aromatic carbocycles. The lowest BCUT2D eigenvalue weighted by molar-refractivity contribution is -0.917. The summed E-state index contributed by atoms with van der Waals surface area (Å²) in [5, 5.41) is 0. The van der Waals surface area contributed by atoms with Crippen molar-refractivity contribution in [1.82, 2.24) is 4.90 Å². The number of nitrogens with zero attached hydrogens (tertiary/aromatic N) is 1. The van der Waals surface area contributed by atoms with Crippen LogP contribution >= 0.6 is 0 Å². The van der Waals surface area contributed by atoms with Crippen molar-refractivity contribution in [2.45, 2.75) is 45.1 Å². The van der Waals surface area contributed by atoms with Crippen LogP contribution in [0.4, 0.5) is 0 Å². The molecule has 0 spiro atoms. The molecule has 24 heavy (non-hydrogen) atoms. The predicted molar refractivity (Wildman–Crippen MR) is 95.2 cm³/mol. The maximum atomic E-state index is 12.4. The zero-order valence-corrected chi connectivity index (χ0v) is 14.9. The van der Waals surface area contributed by atoms with E-state index < -0.39 is 0 Å². The Labute approximate surface area is 145 Å². The maximum absolute atomic E-state index is 12.4. The third kappa shape index (κ3) is 4.73. The first-order chi connectivity index (χ1) is 11.7. The quantitative estimate of drug-likeness (QED) is 0.864. The van der Waals surface area contributed by atoms with E-state index in [0.717, 1.165) is 57.2 Å². The van der Waals surface area contributed by atoms with Gasteiger partial charge in [-0.2, -0.15) is 0 Å². The highest BCUT2D eigenvalue weighted by Gasteiger charge is 2.24. The lowest BCUT2D eigenvalue weighted by atomic mass is 10.0. The van der Waals surface area contributed by atoms with E-state index in [1.807, 2.05) is 12.1 Å². The summed E-state index contributed by atoms with van der Waals surface area (Å²) in [4.78, 5) is 16.1. The van der Waals surface area contributed by atoms with Crippen molar-refractivity contribution in [3.05, 3.63) is 29.8 Å². The van der Waals surface area contributed by atoms with Crippen LogP contribution in [0.15, 0.2) is 24.3 Å². The van der Waals surface area contributed by atoms with Gasteiger partial charge in [-0.1, -0.05) is 25.7 Å². The average Bonchev–Trinajstić information content (AvgIpc) is 3.14. The highest BCUT2D eigenvalue weighted by atomic mass is 16.5. The van der Waals surface area contributed by atoms with E-state index >= 15 is 0 Å². The fraction of sp³-hybridized carbons (Fsp3) is 0.650. The minimum atomic E-state index is 0.380. The summed E-state index contributed by atoms with van der Waals surface area (Å²) >= 11 is 0. The van der Waals surface area contributed by atoms with Crippen molar-refractivity contribution in [2.75, 3.05) is 33.3 Å². The van der Waals surface area contributed by atoms with Crippen molar-refractivity contribution >= 4 is 5.91 Å². The van der Waals surface area contributed by atoms with Crippen molar-refractivity contribution in [3.8, 4) is 5.75 Å². The Kier molecular flexibility index (Phi) is 6.13. The van der Waals surface area contributed by atoms with Gasteiger partial charge in [-0.3, -0.25) is 4.79 Å². The topological polar surface area (TPSA) is 34.0 Å². The number of benzene rings is 1. The van der Waals surface area contributed by atoms with Crippen LogP contribution in [0.1, 0.15) is 44.1 Å². The van der Waals surface area contributed by atoms with Crippen molar-refractivity contribution in [3.63, 3.8) is 0 Å². The SMILES string of the molecule is COc1ccc(C[NH+]2CCN(C(=O)CCC3CCCC3)CC2)cc1. The molecule has 0 bridgehead atoms. The van der Waals surface area contributed by atoms with Gasteiger partial charge in [-0.25, -0.2) is 0 Å². The fourth-order valence-electron chi connectivity index (χ4n) is 4.07. The molecule has 4 heteroatoms. The molecule has 0 unspecified atom stereocenters. The van der Waals surface area contributed by atoms with E-state index in [1.165, 1.54) is 31.2 Å². The number of ether oxygens (including phenoxy) is 1. The van der Waals surface area contributed by atoms with E-state index in [-0.39, 0.29) is 0 Å². The number of methoxy groups -OCH3 is 1. The Morgan fingerprint density at radius 2 is 1.83 bits per heavy atom. The lowest BCUT2D eigenvalue weighted by Crippen LogP contribution is -3.13. The van der Waals surface area contributed by atoms with Crippen molar-refractivity contribution in [1.29, 1.82) is 0 Å². The van der Waals surface area contributed by atoms with Gasteiger partial charge in [0, 0.05) is 12.0 Å². The first kappa shape index (κ1) is 17.3. The van der Waals surface area contributed by atoms with Crippen molar-refractivity contribution < 1.29 is 14.4 Å². The first-order valence-electron chi connectivity index (χ1n) is 9.49. The summed E-state index contributed by atoms with van der Waals surface area (Å²) in [6.45, 7) is 4.97. The van der Waals surface area contributed by atoms with E-state index in [4.69, 9.17) is 4.74 Å². The molecule has 2 fully saturated rings. The van der Waals surface area contributed by atoms with Gasteiger partial charge in [0.2, 0.25) is 5.91 Å². The minimum Gasteiger partial charge on any atom is -0.497 e. The van der Waals surface area contributed by atoms with Crippen LogP contribution in [0.3, 0.4) is 0 Å².